The maximum Gasteiger partial charge on any atom is 0.124 e. The Hall–Kier alpha value is -1.81. The number of aryl methyl sites for hydroxylation is 1. The standard InChI is InChI=1S/C20H25N3O/c1-23-18-8-4-7-16(15(18)13-21-23)22-17-12-20(10-5-11-20)24-19-9-3-2-6-14(17)19/h2-3,6,9,13,16-17,22H,4-5,7-8,10-12H2,1H3/t16-,17-/m0/s1. The number of nitrogens with zero attached hydrogens (tertiary/aromatic N) is 2. The van der Waals surface area contributed by atoms with Crippen LogP contribution in [0.3, 0.4) is 0 Å². The van der Waals surface area contributed by atoms with Crippen LogP contribution in [0.4, 0.5) is 0 Å². The second-order valence-electron chi connectivity index (χ2n) is 7.71. The van der Waals surface area contributed by atoms with Crippen LogP contribution < -0.4 is 10.1 Å². The Balaban J connectivity index is 1.46. The summed E-state index contributed by atoms with van der Waals surface area (Å²) in [6.07, 6.45) is 10.4. The van der Waals surface area contributed by atoms with Gasteiger partial charge in [0.05, 0.1) is 6.20 Å². The molecule has 1 aromatic carbocycles. The third-order valence-corrected chi connectivity index (χ3v) is 6.24. The van der Waals surface area contributed by atoms with Crippen molar-refractivity contribution >= 4 is 0 Å². The minimum atomic E-state index is 0.0818. The van der Waals surface area contributed by atoms with E-state index >= 15 is 0 Å². The van der Waals surface area contributed by atoms with Crippen molar-refractivity contribution in [2.45, 2.75) is 62.6 Å². The first-order valence-electron chi connectivity index (χ1n) is 9.29. The lowest BCUT2D eigenvalue weighted by Crippen LogP contribution is -2.49. The molecule has 126 valence electrons. The van der Waals surface area contributed by atoms with Crippen LogP contribution in [0.2, 0.25) is 0 Å². The zero-order valence-corrected chi connectivity index (χ0v) is 14.3. The highest BCUT2D eigenvalue weighted by molar-refractivity contribution is 5.40. The Bertz CT molecular complexity index is 762. The number of benzene rings is 1. The van der Waals surface area contributed by atoms with Gasteiger partial charge in [-0.3, -0.25) is 4.68 Å². The fourth-order valence-electron chi connectivity index (χ4n) is 4.77. The van der Waals surface area contributed by atoms with Crippen LogP contribution in [0, 0.1) is 0 Å². The summed E-state index contributed by atoms with van der Waals surface area (Å²) in [5.74, 6) is 1.09. The smallest absolute Gasteiger partial charge is 0.124 e. The van der Waals surface area contributed by atoms with Crippen molar-refractivity contribution in [3.63, 3.8) is 0 Å². The van der Waals surface area contributed by atoms with Crippen molar-refractivity contribution in [3.05, 3.63) is 47.3 Å². The molecular weight excluding hydrogens is 298 g/mol. The molecule has 3 aliphatic rings. The first-order valence-corrected chi connectivity index (χ1v) is 9.29. The molecular formula is C20H25N3O. The van der Waals surface area contributed by atoms with Crippen LogP contribution in [-0.2, 0) is 13.5 Å². The van der Waals surface area contributed by atoms with E-state index in [1.807, 2.05) is 0 Å². The van der Waals surface area contributed by atoms with Crippen LogP contribution in [0.15, 0.2) is 30.5 Å². The topological polar surface area (TPSA) is 39.1 Å². The summed E-state index contributed by atoms with van der Waals surface area (Å²) in [5, 5.41) is 8.47. The molecule has 1 N–H and O–H groups in total. The van der Waals surface area contributed by atoms with Crippen molar-refractivity contribution in [1.82, 2.24) is 15.1 Å². The van der Waals surface area contributed by atoms with Crippen molar-refractivity contribution in [2.24, 2.45) is 7.05 Å². The lowest BCUT2D eigenvalue weighted by molar-refractivity contribution is -0.0382. The predicted octanol–water partition coefficient (Wildman–Crippen LogP) is 3.83. The van der Waals surface area contributed by atoms with E-state index in [2.05, 4.69) is 52.6 Å². The Morgan fingerprint density at radius 1 is 1.17 bits per heavy atom. The molecule has 24 heavy (non-hydrogen) atoms. The number of ether oxygens (including phenoxy) is 1. The second-order valence-corrected chi connectivity index (χ2v) is 7.71. The molecule has 1 aromatic heterocycles. The number of aromatic nitrogens is 2. The third-order valence-electron chi connectivity index (χ3n) is 6.24. The summed E-state index contributed by atoms with van der Waals surface area (Å²) in [6, 6.07) is 9.38. The number of para-hydroxylation sites is 1. The summed E-state index contributed by atoms with van der Waals surface area (Å²) >= 11 is 0. The fraction of sp³-hybridized carbons (Fsp3) is 0.550. The van der Waals surface area contributed by atoms with Gasteiger partial charge in [-0.15, -0.1) is 0 Å². The molecule has 1 aliphatic heterocycles. The summed E-state index contributed by atoms with van der Waals surface area (Å²) in [5.41, 5.74) is 4.21. The van der Waals surface area contributed by atoms with E-state index in [1.54, 1.807) is 0 Å². The molecule has 1 fully saturated rings. The second kappa shape index (κ2) is 5.35. The lowest BCUT2D eigenvalue weighted by Gasteiger charge is -2.48. The molecule has 4 nitrogen and oxygen atoms in total. The Morgan fingerprint density at radius 3 is 2.88 bits per heavy atom. The van der Waals surface area contributed by atoms with Crippen LogP contribution in [0.5, 0.6) is 5.75 Å². The number of hydrogen-bond acceptors (Lipinski definition) is 3. The fourth-order valence-corrected chi connectivity index (χ4v) is 4.77. The lowest BCUT2D eigenvalue weighted by atomic mass is 9.72. The molecule has 0 bridgehead atoms. The van der Waals surface area contributed by atoms with Crippen LogP contribution in [-0.4, -0.2) is 15.4 Å². The van der Waals surface area contributed by atoms with Gasteiger partial charge < -0.3 is 10.1 Å². The van der Waals surface area contributed by atoms with Crippen LogP contribution in [0.25, 0.3) is 0 Å². The minimum Gasteiger partial charge on any atom is -0.487 e. The normalized spacial score (nSPS) is 27.0. The van der Waals surface area contributed by atoms with E-state index in [4.69, 9.17) is 4.74 Å². The molecule has 0 saturated heterocycles. The molecule has 0 unspecified atom stereocenters. The van der Waals surface area contributed by atoms with Crippen LogP contribution in [0.1, 0.15) is 67.4 Å². The van der Waals surface area contributed by atoms with Gasteiger partial charge in [0.25, 0.3) is 0 Å². The minimum absolute atomic E-state index is 0.0818. The van der Waals surface area contributed by atoms with E-state index in [9.17, 15) is 0 Å². The first kappa shape index (κ1) is 14.5. The van der Waals surface area contributed by atoms with Gasteiger partial charge in [-0.2, -0.15) is 5.10 Å². The van der Waals surface area contributed by atoms with Crippen molar-refractivity contribution in [3.8, 4) is 5.75 Å². The summed E-state index contributed by atoms with van der Waals surface area (Å²) < 4.78 is 8.44. The monoisotopic (exact) mass is 323 g/mol. The zero-order valence-electron chi connectivity index (χ0n) is 14.3. The third kappa shape index (κ3) is 2.20. The summed E-state index contributed by atoms with van der Waals surface area (Å²) in [6.45, 7) is 0. The molecule has 1 saturated carbocycles. The SMILES string of the molecule is Cn1ncc2c1CCC[C@@H]2N[C@H]1CC2(CCC2)Oc2ccccc21. The molecule has 2 aliphatic carbocycles. The summed E-state index contributed by atoms with van der Waals surface area (Å²) in [4.78, 5) is 0. The summed E-state index contributed by atoms with van der Waals surface area (Å²) in [7, 11) is 2.06. The first-order chi connectivity index (χ1) is 11.7. The molecule has 5 rings (SSSR count). The number of nitrogens with one attached hydrogen (secondary N) is 1. The molecule has 1 spiro atoms. The van der Waals surface area contributed by atoms with Gasteiger partial charge in [0.1, 0.15) is 11.4 Å². The molecule has 2 heterocycles. The van der Waals surface area contributed by atoms with Gasteiger partial charge in [-0.1, -0.05) is 18.2 Å². The number of fused-ring (bicyclic) bond motifs is 2. The van der Waals surface area contributed by atoms with Gasteiger partial charge in [-0.25, -0.2) is 0 Å². The zero-order chi connectivity index (χ0) is 16.1. The van der Waals surface area contributed by atoms with Gasteiger partial charge >= 0.3 is 0 Å². The molecule has 0 amide bonds. The molecule has 2 atom stereocenters. The van der Waals surface area contributed by atoms with E-state index < -0.39 is 0 Å². The molecule has 2 aromatic rings. The van der Waals surface area contributed by atoms with Gasteiger partial charge in [0.15, 0.2) is 0 Å². The Labute approximate surface area is 143 Å². The van der Waals surface area contributed by atoms with E-state index in [1.165, 1.54) is 48.9 Å². The van der Waals surface area contributed by atoms with Crippen LogP contribution >= 0.6 is 0 Å². The average Bonchev–Trinajstić information content (AvgIpc) is 2.96. The Morgan fingerprint density at radius 2 is 2.04 bits per heavy atom. The van der Waals surface area contributed by atoms with Gasteiger partial charge in [-0.05, 0) is 44.6 Å². The van der Waals surface area contributed by atoms with Gasteiger partial charge in [0.2, 0.25) is 0 Å². The number of hydrogen-bond donors (Lipinski definition) is 1. The molecule has 0 radical (unpaired) electrons. The predicted molar refractivity (Wildman–Crippen MR) is 93.0 cm³/mol. The maximum atomic E-state index is 6.39. The quantitative estimate of drug-likeness (QED) is 0.913. The maximum absolute atomic E-state index is 6.39. The Kier molecular flexibility index (Phi) is 3.24. The van der Waals surface area contributed by atoms with Crippen molar-refractivity contribution in [2.75, 3.05) is 0 Å². The van der Waals surface area contributed by atoms with E-state index in [-0.39, 0.29) is 5.60 Å². The molecule has 4 heteroatoms. The highest BCUT2D eigenvalue weighted by Crippen LogP contribution is 2.49. The number of rotatable bonds is 2. The highest BCUT2D eigenvalue weighted by Gasteiger charge is 2.46. The largest absolute Gasteiger partial charge is 0.487 e. The van der Waals surface area contributed by atoms with E-state index in [0.717, 1.165) is 18.6 Å². The van der Waals surface area contributed by atoms with E-state index in [0.29, 0.717) is 12.1 Å². The highest BCUT2D eigenvalue weighted by atomic mass is 16.5. The average molecular weight is 323 g/mol. The van der Waals surface area contributed by atoms with Crippen molar-refractivity contribution < 1.29 is 4.74 Å². The van der Waals surface area contributed by atoms with Crippen molar-refractivity contribution in [1.29, 1.82) is 0 Å². The van der Waals surface area contributed by atoms with Gasteiger partial charge in [0, 0.05) is 42.4 Å².